The van der Waals surface area contributed by atoms with Crippen molar-refractivity contribution in [2.75, 3.05) is 6.61 Å². The van der Waals surface area contributed by atoms with Crippen LogP contribution in [0.5, 0.6) is 0 Å². The van der Waals surface area contributed by atoms with Gasteiger partial charge in [-0.1, -0.05) is 30.3 Å². The number of carbonyl (C=O) groups is 1. The third-order valence-corrected chi connectivity index (χ3v) is 4.48. The number of carboxylic acid groups (broad SMARTS) is 1. The Kier molecular flexibility index (Phi) is 5.33. The van der Waals surface area contributed by atoms with Crippen LogP contribution in [-0.4, -0.2) is 41.1 Å². The summed E-state index contributed by atoms with van der Waals surface area (Å²) < 4.78 is 11.9. The van der Waals surface area contributed by atoms with Crippen molar-refractivity contribution in [3.8, 4) is 0 Å². The zero-order valence-electron chi connectivity index (χ0n) is 14.4. The minimum atomic E-state index is -1.01. The Bertz CT molecular complexity index is 660. The van der Waals surface area contributed by atoms with Crippen LogP contribution in [0.1, 0.15) is 38.8 Å². The fourth-order valence-electron chi connectivity index (χ4n) is 2.34. The molecular formula is C18H23BO5. The molecule has 24 heavy (non-hydrogen) atoms. The molecule has 1 aliphatic heterocycles. The molecule has 1 saturated heterocycles. The average Bonchev–Trinajstić information content (AvgIpc) is 2.71. The average molecular weight is 330 g/mol. The van der Waals surface area contributed by atoms with E-state index in [1.807, 2.05) is 52.0 Å². The normalized spacial score (nSPS) is 19.9. The van der Waals surface area contributed by atoms with Gasteiger partial charge in [-0.25, -0.2) is 4.79 Å². The summed E-state index contributed by atoms with van der Waals surface area (Å²) in [4.78, 5) is 10.7. The second-order valence-electron chi connectivity index (χ2n) is 6.77. The lowest BCUT2D eigenvalue weighted by Gasteiger charge is -2.32. The molecule has 0 radical (unpaired) electrons. The van der Waals surface area contributed by atoms with Crippen LogP contribution in [0.3, 0.4) is 0 Å². The minimum absolute atomic E-state index is 0.214. The van der Waals surface area contributed by atoms with Crippen molar-refractivity contribution < 1.29 is 24.3 Å². The van der Waals surface area contributed by atoms with E-state index in [1.165, 1.54) is 6.08 Å². The first-order valence-electron chi connectivity index (χ1n) is 7.83. The van der Waals surface area contributed by atoms with Gasteiger partial charge in [-0.15, -0.1) is 0 Å². The van der Waals surface area contributed by atoms with Crippen molar-refractivity contribution in [3.05, 3.63) is 46.9 Å². The van der Waals surface area contributed by atoms with E-state index in [-0.39, 0.29) is 6.61 Å². The zero-order chi connectivity index (χ0) is 18.0. The maximum absolute atomic E-state index is 10.7. The molecule has 0 amide bonds. The standard InChI is InChI=1S/C18H23BO5/c1-17(2)18(3,4)24-19(23-17)15(12-20)11-14-8-6-5-7-13(14)9-10-16(21)22/h5-11,20H,12H2,1-4H3,(H,21,22)/b10-9+,15-11?. The Morgan fingerprint density at radius 1 is 1.12 bits per heavy atom. The molecule has 128 valence electrons. The van der Waals surface area contributed by atoms with E-state index in [4.69, 9.17) is 14.4 Å². The summed E-state index contributed by atoms with van der Waals surface area (Å²) in [5.41, 5.74) is 1.13. The van der Waals surface area contributed by atoms with Gasteiger partial charge in [0.2, 0.25) is 0 Å². The summed E-state index contributed by atoms with van der Waals surface area (Å²) in [6.45, 7) is 7.59. The fraction of sp³-hybridized carbons (Fsp3) is 0.389. The molecule has 1 heterocycles. The molecular weight excluding hydrogens is 307 g/mol. The van der Waals surface area contributed by atoms with E-state index < -0.39 is 24.3 Å². The molecule has 6 heteroatoms. The summed E-state index contributed by atoms with van der Waals surface area (Å²) in [7, 11) is -0.642. The van der Waals surface area contributed by atoms with Crippen molar-refractivity contribution >= 4 is 25.2 Å². The van der Waals surface area contributed by atoms with Gasteiger partial charge in [0.1, 0.15) is 0 Å². The lowest BCUT2D eigenvalue weighted by molar-refractivity contribution is -0.131. The smallest absolute Gasteiger partial charge is 0.478 e. The Balaban J connectivity index is 2.34. The Labute approximate surface area is 142 Å². The molecule has 0 bridgehead atoms. The first kappa shape index (κ1) is 18.5. The highest BCUT2D eigenvalue weighted by Crippen LogP contribution is 2.38. The first-order chi connectivity index (χ1) is 11.2. The van der Waals surface area contributed by atoms with Crippen molar-refractivity contribution in [1.29, 1.82) is 0 Å². The van der Waals surface area contributed by atoms with Crippen LogP contribution in [-0.2, 0) is 14.1 Å². The van der Waals surface area contributed by atoms with E-state index >= 15 is 0 Å². The highest BCUT2D eigenvalue weighted by molar-refractivity contribution is 6.55. The van der Waals surface area contributed by atoms with E-state index in [0.29, 0.717) is 5.47 Å². The van der Waals surface area contributed by atoms with Gasteiger partial charge >= 0.3 is 13.1 Å². The van der Waals surface area contributed by atoms with Crippen LogP contribution in [0.2, 0.25) is 0 Å². The highest BCUT2D eigenvalue weighted by atomic mass is 16.7. The third-order valence-electron chi connectivity index (χ3n) is 4.48. The quantitative estimate of drug-likeness (QED) is 0.641. The third kappa shape index (κ3) is 3.95. The number of aliphatic hydroxyl groups is 1. The molecule has 0 unspecified atom stereocenters. The van der Waals surface area contributed by atoms with Crippen LogP contribution in [0, 0.1) is 0 Å². The van der Waals surface area contributed by atoms with Crippen molar-refractivity contribution in [2.45, 2.75) is 38.9 Å². The van der Waals surface area contributed by atoms with Crippen molar-refractivity contribution in [2.24, 2.45) is 0 Å². The van der Waals surface area contributed by atoms with Crippen molar-refractivity contribution in [1.82, 2.24) is 0 Å². The minimum Gasteiger partial charge on any atom is -0.478 e. The van der Waals surface area contributed by atoms with Gasteiger partial charge in [-0.3, -0.25) is 0 Å². The second-order valence-corrected chi connectivity index (χ2v) is 6.77. The van der Waals surface area contributed by atoms with Crippen molar-refractivity contribution in [3.63, 3.8) is 0 Å². The lowest BCUT2D eigenvalue weighted by Crippen LogP contribution is -2.41. The van der Waals surface area contributed by atoms with E-state index in [2.05, 4.69) is 0 Å². The molecule has 1 aromatic carbocycles. The van der Waals surface area contributed by atoms with Crippen LogP contribution in [0.15, 0.2) is 35.8 Å². The molecule has 0 aromatic heterocycles. The van der Waals surface area contributed by atoms with Gasteiger partial charge in [-0.05, 0) is 50.4 Å². The Morgan fingerprint density at radius 2 is 1.67 bits per heavy atom. The molecule has 2 N–H and O–H groups in total. The molecule has 1 aliphatic rings. The lowest BCUT2D eigenvalue weighted by atomic mass is 9.77. The van der Waals surface area contributed by atoms with Crippen LogP contribution < -0.4 is 0 Å². The number of aliphatic carboxylic acids is 1. The van der Waals surface area contributed by atoms with Gasteiger partial charge in [0, 0.05) is 6.08 Å². The molecule has 1 fully saturated rings. The van der Waals surface area contributed by atoms with Gasteiger partial charge in [0.05, 0.1) is 17.8 Å². The van der Waals surface area contributed by atoms with E-state index in [0.717, 1.165) is 17.2 Å². The summed E-state index contributed by atoms with van der Waals surface area (Å²) in [5.74, 6) is -1.01. The number of aliphatic hydroxyl groups excluding tert-OH is 1. The topological polar surface area (TPSA) is 76.0 Å². The van der Waals surface area contributed by atoms with Gasteiger partial charge < -0.3 is 19.5 Å². The maximum Gasteiger partial charge on any atom is 0.492 e. The first-order valence-corrected chi connectivity index (χ1v) is 7.83. The molecule has 0 aliphatic carbocycles. The zero-order valence-corrected chi connectivity index (χ0v) is 14.4. The fourth-order valence-corrected chi connectivity index (χ4v) is 2.34. The van der Waals surface area contributed by atoms with Gasteiger partial charge in [0.25, 0.3) is 0 Å². The number of carboxylic acids is 1. The number of hydrogen-bond acceptors (Lipinski definition) is 4. The molecule has 0 spiro atoms. The molecule has 0 atom stereocenters. The second kappa shape index (κ2) is 6.93. The predicted octanol–water partition coefficient (Wildman–Crippen LogP) is 2.79. The van der Waals surface area contributed by atoms with E-state index in [1.54, 1.807) is 6.08 Å². The number of rotatable bonds is 5. The number of benzene rings is 1. The summed E-state index contributed by atoms with van der Waals surface area (Å²) in [6.07, 6.45) is 4.39. The van der Waals surface area contributed by atoms with Crippen LogP contribution in [0.4, 0.5) is 0 Å². The van der Waals surface area contributed by atoms with Gasteiger partial charge in [-0.2, -0.15) is 0 Å². The summed E-state index contributed by atoms with van der Waals surface area (Å²) >= 11 is 0. The summed E-state index contributed by atoms with van der Waals surface area (Å²) in [5, 5.41) is 18.6. The maximum atomic E-state index is 10.7. The number of hydrogen-bond donors (Lipinski definition) is 2. The Morgan fingerprint density at radius 3 is 2.17 bits per heavy atom. The predicted molar refractivity (Wildman–Crippen MR) is 94.3 cm³/mol. The molecule has 2 rings (SSSR count). The molecule has 1 aromatic rings. The Hall–Kier alpha value is -1.89. The largest absolute Gasteiger partial charge is 0.492 e. The molecule has 5 nitrogen and oxygen atoms in total. The van der Waals surface area contributed by atoms with Gasteiger partial charge in [0.15, 0.2) is 0 Å². The SMILES string of the molecule is CC1(C)OB(C(=Cc2ccccc2/C=C/C(=O)O)CO)OC1(C)C. The molecule has 0 saturated carbocycles. The summed E-state index contributed by atoms with van der Waals surface area (Å²) in [6, 6.07) is 7.34. The van der Waals surface area contributed by atoms with Crippen LogP contribution >= 0.6 is 0 Å². The highest BCUT2D eigenvalue weighted by Gasteiger charge is 2.52. The monoisotopic (exact) mass is 330 g/mol. The van der Waals surface area contributed by atoms with E-state index in [9.17, 15) is 9.90 Å². The van der Waals surface area contributed by atoms with Crippen LogP contribution in [0.25, 0.3) is 12.2 Å².